The van der Waals surface area contributed by atoms with Gasteiger partial charge in [0, 0.05) is 19.5 Å². The molecule has 2 heterocycles. The Labute approximate surface area is 182 Å². The summed E-state index contributed by atoms with van der Waals surface area (Å²) in [7, 11) is 3.48. The Morgan fingerprint density at radius 1 is 1.19 bits per heavy atom. The smallest absolute Gasteiger partial charge is 0.320 e. The molecule has 1 fully saturated rings. The number of alkyl halides is 2. The number of ether oxygens (including phenoxy) is 2. The maximum Gasteiger partial charge on any atom is 0.320 e. The predicted molar refractivity (Wildman–Crippen MR) is 117 cm³/mol. The molecule has 1 saturated heterocycles. The topological polar surface area (TPSA) is 76.1 Å². The van der Waals surface area contributed by atoms with Crippen molar-refractivity contribution in [3.63, 3.8) is 0 Å². The average molecular weight is 437 g/mol. The molecule has 31 heavy (non-hydrogen) atoms. The van der Waals surface area contributed by atoms with Crippen LogP contribution in [0.15, 0.2) is 24.3 Å². The summed E-state index contributed by atoms with van der Waals surface area (Å²) in [5.74, 6) is -0.916. The van der Waals surface area contributed by atoms with Crippen molar-refractivity contribution in [1.82, 2.24) is 9.97 Å². The van der Waals surface area contributed by atoms with Gasteiger partial charge in [0.1, 0.15) is 5.75 Å². The first kappa shape index (κ1) is 23.0. The molecule has 1 aliphatic heterocycles. The van der Waals surface area contributed by atoms with E-state index in [4.69, 9.17) is 9.47 Å². The van der Waals surface area contributed by atoms with Crippen LogP contribution in [0.25, 0.3) is 0 Å². The van der Waals surface area contributed by atoms with Crippen LogP contribution in [0.5, 0.6) is 11.8 Å². The number of aromatic nitrogens is 2. The van der Waals surface area contributed by atoms with E-state index in [0.717, 1.165) is 11.3 Å². The van der Waals surface area contributed by atoms with E-state index >= 15 is 0 Å². The standard InChI is InChI=1S/C22H31F2N5O2/c1-21(2,3)14-31-20-27-18(26-12-15-6-8-16(30-5)9-7-15)17(25-4)19(28-20)29-11-10-22(23,24)13-29/h6-9,25H,10-14H2,1-5H3,(H,26,27,28)/p+1. The summed E-state index contributed by atoms with van der Waals surface area (Å²) in [6.07, 6.45) is -0.188. The van der Waals surface area contributed by atoms with E-state index in [2.05, 4.69) is 15.3 Å². The van der Waals surface area contributed by atoms with Gasteiger partial charge in [-0.05, 0) is 23.1 Å². The number of anilines is 2. The predicted octanol–water partition coefficient (Wildman–Crippen LogP) is 3.19. The summed E-state index contributed by atoms with van der Waals surface area (Å²) in [5, 5.41) is 5.17. The highest BCUT2D eigenvalue weighted by Gasteiger charge is 2.40. The second-order valence-electron chi connectivity index (χ2n) is 8.96. The molecule has 0 radical (unpaired) electrons. The van der Waals surface area contributed by atoms with Crippen LogP contribution in [0, 0.1) is 5.41 Å². The third kappa shape index (κ3) is 6.16. The van der Waals surface area contributed by atoms with Gasteiger partial charge in [-0.2, -0.15) is 9.97 Å². The highest BCUT2D eigenvalue weighted by Crippen LogP contribution is 2.36. The second kappa shape index (κ2) is 9.21. The minimum atomic E-state index is -2.72. The number of hydrogen-bond donors (Lipinski definition) is 2. The van der Waals surface area contributed by atoms with Crippen LogP contribution < -0.4 is 25.0 Å². The van der Waals surface area contributed by atoms with Gasteiger partial charge in [-0.1, -0.05) is 32.9 Å². The number of rotatable bonds is 8. The first-order valence-corrected chi connectivity index (χ1v) is 10.4. The van der Waals surface area contributed by atoms with Gasteiger partial charge in [-0.3, -0.25) is 0 Å². The lowest BCUT2D eigenvalue weighted by Gasteiger charge is -2.22. The fraction of sp³-hybridized carbons (Fsp3) is 0.545. The molecule has 0 bridgehead atoms. The quantitative estimate of drug-likeness (QED) is 0.662. The Balaban J connectivity index is 1.89. The van der Waals surface area contributed by atoms with E-state index in [1.807, 2.05) is 57.4 Å². The summed E-state index contributed by atoms with van der Waals surface area (Å²) in [4.78, 5) is 10.7. The van der Waals surface area contributed by atoms with Crippen LogP contribution in [-0.4, -0.2) is 49.7 Å². The molecule has 0 amide bonds. The van der Waals surface area contributed by atoms with E-state index in [9.17, 15) is 8.78 Å². The molecule has 0 aliphatic carbocycles. The summed E-state index contributed by atoms with van der Waals surface area (Å²) in [5.41, 5.74) is 1.64. The maximum absolute atomic E-state index is 13.9. The number of hydrogen-bond acceptors (Lipinski definition) is 6. The third-order valence-electron chi connectivity index (χ3n) is 4.92. The van der Waals surface area contributed by atoms with Crippen molar-refractivity contribution in [2.45, 2.75) is 39.7 Å². The molecule has 9 heteroatoms. The zero-order chi connectivity index (χ0) is 22.6. The van der Waals surface area contributed by atoms with Crippen LogP contribution in [0.3, 0.4) is 0 Å². The molecule has 3 N–H and O–H groups in total. The normalized spacial score (nSPS) is 15.8. The lowest BCUT2D eigenvalue weighted by molar-refractivity contribution is -0.538. The van der Waals surface area contributed by atoms with Crippen molar-refractivity contribution in [2.75, 3.05) is 44.1 Å². The van der Waals surface area contributed by atoms with Crippen molar-refractivity contribution in [1.29, 1.82) is 0 Å². The van der Waals surface area contributed by atoms with Crippen molar-refractivity contribution >= 4 is 17.3 Å². The number of quaternary nitrogens is 1. The lowest BCUT2D eigenvalue weighted by Crippen LogP contribution is -2.73. The Morgan fingerprint density at radius 2 is 1.90 bits per heavy atom. The average Bonchev–Trinajstić information content (AvgIpc) is 3.09. The van der Waals surface area contributed by atoms with Crippen LogP contribution in [0.4, 0.5) is 26.1 Å². The van der Waals surface area contributed by atoms with E-state index in [1.165, 1.54) is 0 Å². The number of benzene rings is 1. The molecule has 1 aliphatic rings. The van der Waals surface area contributed by atoms with E-state index < -0.39 is 5.92 Å². The van der Waals surface area contributed by atoms with E-state index in [-0.39, 0.29) is 30.9 Å². The lowest BCUT2D eigenvalue weighted by atomic mass is 9.99. The first-order valence-electron chi connectivity index (χ1n) is 10.4. The van der Waals surface area contributed by atoms with E-state index in [1.54, 1.807) is 12.0 Å². The van der Waals surface area contributed by atoms with Crippen molar-refractivity contribution in [3.8, 4) is 11.8 Å². The minimum absolute atomic E-state index is 0.0869. The number of nitrogens with two attached hydrogens (primary N) is 1. The molecule has 170 valence electrons. The minimum Gasteiger partial charge on any atom is -0.497 e. The van der Waals surface area contributed by atoms with E-state index in [0.29, 0.717) is 30.5 Å². The van der Waals surface area contributed by atoms with Crippen molar-refractivity contribution < 1.29 is 23.6 Å². The Bertz CT molecular complexity index is 885. The molecular weight excluding hydrogens is 404 g/mol. The van der Waals surface area contributed by atoms with Gasteiger partial charge >= 0.3 is 6.01 Å². The summed E-state index contributed by atoms with van der Waals surface area (Å²) < 4.78 is 38.8. The van der Waals surface area contributed by atoms with Crippen LogP contribution in [0.2, 0.25) is 0 Å². The molecular formula is C22H32F2N5O2+. The van der Waals surface area contributed by atoms with Crippen molar-refractivity contribution in [2.24, 2.45) is 5.41 Å². The van der Waals surface area contributed by atoms with Crippen molar-refractivity contribution in [3.05, 3.63) is 29.8 Å². The monoisotopic (exact) mass is 436 g/mol. The number of methoxy groups -OCH3 is 1. The highest BCUT2D eigenvalue weighted by atomic mass is 19.3. The van der Waals surface area contributed by atoms with Gasteiger partial charge < -0.3 is 25.0 Å². The van der Waals surface area contributed by atoms with Crippen LogP contribution >= 0.6 is 0 Å². The zero-order valence-electron chi connectivity index (χ0n) is 18.8. The molecule has 1 aromatic carbocycles. The van der Waals surface area contributed by atoms with Crippen LogP contribution in [0.1, 0.15) is 32.8 Å². The molecule has 7 nitrogen and oxygen atoms in total. The number of halogens is 2. The summed E-state index contributed by atoms with van der Waals surface area (Å²) in [6, 6.07) is 7.88. The Hall–Kier alpha value is -2.68. The number of nitrogens with one attached hydrogen (secondary N) is 1. The van der Waals surface area contributed by atoms with Gasteiger partial charge in [0.2, 0.25) is 5.69 Å². The van der Waals surface area contributed by atoms with Gasteiger partial charge in [0.25, 0.3) is 5.92 Å². The molecule has 0 atom stereocenters. The van der Waals surface area contributed by atoms with Crippen LogP contribution in [-0.2, 0) is 6.54 Å². The Kier molecular flexibility index (Phi) is 6.83. The SMILES string of the molecule is C[NH2+]c1c(NCc2ccc(OC)cc2)nc(OCC(C)(C)C)nc1N1CCC(F)(F)C1. The Morgan fingerprint density at radius 3 is 2.45 bits per heavy atom. The van der Waals surface area contributed by atoms with Gasteiger partial charge in [-0.15, -0.1) is 0 Å². The fourth-order valence-electron chi connectivity index (χ4n) is 3.27. The zero-order valence-corrected chi connectivity index (χ0v) is 18.8. The fourth-order valence-corrected chi connectivity index (χ4v) is 3.27. The summed E-state index contributed by atoms with van der Waals surface area (Å²) >= 11 is 0. The van der Waals surface area contributed by atoms with Gasteiger partial charge in [0.05, 0.1) is 27.3 Å². The second-order valence-corrected chi connectivity index (χ2v) is 8.96. The molecule has 2 aromatic rings. The molecule has 1 aromatic heterocycles. The highest BCUT2D eigenvalue weighted by molar-refractivity contribution is 5.71. The van der Waals surface area contributed by atoms with Gasteiger partial charge in [-0.25, -0.2) is 8.78 Å². The largest absolute Gasteiger partial charge is 0.497 e. The number of nitrogens with zero attached hydrogens (tertiary/aromatic N) is 3. The first-order chi connectivity index (χ1) is 14.6. The third-order valence-corrected chi connectivity index (χ3v) is 4.92. The molecule has 0 spiro atoms. The van der Waals surface area contributed by atoms with Gasteiger partial charge in [0.15, 0.2) is 11.6 Å². The molecule has 3 rings (SSSR count). The summed E-state index contributed by atoms with van der Waals surface area (Å²) in [6.45, 7) is 6.94. The molecule has 0 unspecified atom stereocenters. The maximum atomic E-state index is 13.9. The molecule has 0 saturated carbocycles.